The number of hydrogen-bond acceptors (Lipinski definition) is 4. The summed E-state index contributed by atoms with van der Waals surface area (Å²) in [6, 6.07) is 9.31. The van der Waals surface area contributed by atoms with Crippen molar-refractivity contribution < 1.29 is 0 Å². The molecule has 0 unspecified atom stereocenters. The molecule has 90 valence electrons. The number of hydrogen-bond donors (Lipinski definition) is 2. The minimum absolute atomic E-state index is 0.431. The Hall–Kier alpha value is -1.58. The normalized spacial score (nSPS) is 9.83. The van der Waals surface area contributed by atoms with Crippen LogP contribution in [-0.2, 0) is 0 Å². The Morgan fingerprint density at radius 1 is 1.28 bits per heavy atom. The summed E-state index contributed by atoms with van der Waals surface area (Å²) in [6.07, 6.45) is 1.48. The fourth-order valence-electron chi connectivity index (χ4n) is 1.37. The third kappa shape index (κ3) is 2.81. The second kappa shape index (κ2) is 5.38. The van der Waals surface area contributed by atoms with Gasteiger partial charge in [-0.2, -0.15) is 5.26 Å². The first kappa shape index (κ1) is 12.9. The highest BCUT2D eigenvalue weighted by molar-refractivity contribution is 9.11. The molecule has 0 fully saturated rings. The van der Waals surface area contributed by atoms with Gasteiger partial charge in [-0.3, -0.25) is 0 Å². The number of nitrogens with zero attached hydrogens (tertiary/aromatic N) is 2. The molecule has 1 aromatic carbocycles. The zero-order chi connectivity index (χ0) is 13.1. The summed E-state index contributed by atoms with van der Waals surface area (Å²) in [5.41, 5.74) is 7.54. The Balaban J connectivity index is 2.34. The number of aromatic nitrogens is 1. The van der Waals surface area contributed by atoms with Gasteiger partial charge in [-0.05, 0) is 40.2 Å². The summed E-state index contributed by atoms with van der Waals surface area (Å²) < 4.78 is 1.84. The molecule has 0 radical (unpaired) electrons. The molecule has 0 aliphatic heterocycles. The highest BCUT2D eigenvalue weighted by Gasteiger charge is 2.06. The molecule has 2 aromatic rings. The van der Waals surface area contributed by atoms with Crippen molar-refractivity contribution >= 4 is 49.1 Å². The van der Waals surface area contributed by atoms with E-state index in [9.17, 15) is 0 Å². The van der Waals surface area contributed by atoms with Crippen molar-refractivity contribution in [1.82, 2.24) is 4.98 Å². The van der Waals surface area contributed by atoms with Crippen molar-refractivity contribution in [3.8, 4) is 6.07 Å². The van der Waals surface area contributed by atoms with Crippen LogP contribution in [0.5, 0.6) is 0 Å². The molecule has 0 bridgehead atoms. The number of nitrogens with one attached hydrogen (secondary N) is 1. The molecule has 1 aromatic heterocycles. The Morgan fingerprint density at radius 3 is 2.72 bits per heavy atom. The molecule has 2 rings (SSSR count). The maximum atomic E-state index is 8.74. The first-order valence-corrected chi connectivity index (χ1v) is 6.56. The number of rotatable bonds is 2. The molecular formula is C12H8Br2N4. The molecule has 4 nitrogen and oxygen atoms in total. The van der Waals surface area contributed by atoms with E-state index in [1.165, 1.54) is 6.20 Å². The van der Waals surface area contributed by atoms with Crippen molar-refractivity contribution in [2.45, 2.75) is 0 Å². The second-order valence-corrected chi connectivity index (χ2v) is 5.29. The molecule has 0 aliphatic rings. The largest absolute Gasteiger partial charge is 0.396 e. The molecule has 0 amide bonds. The molecule has 0 aliphatic carbocycles. The van der Waals surface area contributed by atoms with E-state index in [4.69, 9.17) is 11.0 Å². The number of nitrogen functional groups attached to an aromatic ring is 1. The number of pyridine rings is 1. The Morgan fingerprint density at radius 2 is 2.06 bits per heavy atom. The topological polar surface area (TPSA) is 74.7 Å². The molecule has 0 saturated heterocycles. The fourth-order valence-corrected chi connectivity index (χ4v) is 2.08. The highest BCUT2D eigenvalue weighted by Crippen LogP contribution is 2.30. The van der Waals surface area contributed by atoms with Gasteiger partial charge in [0.25, 0.3) is 0 Å². The molecule has 0 spiro atoms. The summed E-state index contributed by atoms with van der Waals surface area (Å²) in [4.78, 5) is 4.12. The van der Waals surface area contributed by atoms with Gasteiger partial charge >= 0.3 is 0 Å². The summed E-state index contributed by atoms with van der Waals surface area (Å²) >= 11 is 6.83. The molecule has 18 heavy (non-hydrogen) atoms. The lowest BCUT2D eigenvalue weighted by atomic mass is 10.2. The van der Waals surface area contributed by atoms with E-state index >= 15 is 0 Å². The molecule has 0 atom stereocenters. The van der Waals surface area contributed by atoms with E-state index in [0.29, 0.717) is 17.1 Å². The van der Waals surface area contributed by atoms with Crippen LogP contribution in [0.4, 0.5) is 17.2 Å². The van der Waals surface area contributed by atoms with Crippen molar-refractivity contribution in [3.05, 3.63) is 45.0 Å². The third-order valence-corrected chi connectivity index (χ3v) is 3.41. The lowest BCUT2D eigenvalue weighted by Crippen LogP contribution is -2.00. The van der Waals surface area contributed by atoms with E-state index in [1.807, 2.05) is 24.3 Å². The van der Waals surface area contributed by atoms with Gasteiger partial charge in [0.1, 0.15) is 6.07 Å². The lowest BCUT2D eigenvalue weighted by molar-refractivity contribution is 1.29. The maximum absolute atomic E-state index is 8.74. The van der Waals surface area contributed by atoms with Crippen molar-refractivity contribution in [2.75, 3.05) is 11.1 Å². The van der Waals surface area contributed by atoms with E-state index in [2.05, 4.69) is 42.2 Å². The van der Waals surface area contributed by atoms with Gasteiger partial charge in [0, 0.05) is 15.1 Å². The van der Waals surface area contributed by atoms with E-state index in [1.54, 1.807) is 6.07 Å². The SMILES string of the molecule is N#Cc1cnc(Nc2cc(Br)ccc2Br)c(N)c1. The van der Waals surface area contributed by atoms with Crippen molar-refractivity contribution in [3.63, 3.8) is 0 Å². The predicted octanol–water partition coefficient (Wildman–Crippen LogP) is 3.80. The molecule has 0 saturated carbocycles. The summed E-state index contributed by atoms with van der Waals surface area (Å²) in [5.74, 6) is 0.521. The highest BCUT2D eigenvalue weighted by atomic mass is 79.9. The number of benzene rings is 1. The maximum Gasteiger partial charge on any atom is 0.153 e. The average molecular weight is 368 g/mol. The average Bonchev–Trinajstić information content (AvgIpc) is 2.36. The van der Waals surface area contributed by atoms with E-state index in [0.717, 1.165) is 14.6 Å². The number of nitriles is 1. The number of nitrogens with two attached hydrogens (primary N) is 1. The van der Waals surface area contributed by atoms with Crippen LogP contribution >= 0.6 is 31.9 Å². The second-order valence-electron chi connectivity index (χ2n) is 3.52. The quantitative estimate of drug-likeness (QED) is 0.846. The molecule has 1 heterocycles. The number of halogens is 2. The van der Waals surface area contributed by atoms with Gasteiger partial charge in [-0.15, -0.1) is 0 Å². The summed E-state index contributed by atoms with van der Waals surface area (Å²) in [5, 5.41) is 11.9. The van der Waals surface area contributed by atoms with E-state index in [-0.39, 0.29) is 0 Å². The first-order chi connectivity index (χ1) is 8.60. The predicted molar refractivity (Wildman–Crippen MR) is 78.5 cm³/mol. The van der Waals surface area contributed by atoms with Gasteiger partial charge in [0.05, 0.1) is 16.9 Å². The van der Waals surface area contributed by atoms with Crippen molar-refractivity contribution in [2.24, 2.45) is 0 Å². The first-order valence-electron chi connectivity index (χ1n) is 4.98. The van der Waals surface area contributed by atoms with Gasteiger partial charge in [-0.1, -0.05) is 15.9 Å². The van der Waals surface area contributed by atoms with Gasteiger partial charge in [-0.25, -0.2) is 4.98 Å². The summed E-state index contributed by atoms with van der Waals surface area (Å²) in [6.45, 7) is 0. The van der Waals surface area contributed by atoms with E-state index < -0.39 is 0 Å². The smallest absolute Gasteiger partial charge is 0.153 e. The van der Waals surface area contributed by atoms with Crippen LogP contribution in [0.3, 0.4) is 0 Å². The Labute approximate surface area is 121 Å². The third-order valence-electron chi connectivity index (χ3n) is 2.23. The van der Waals surface area contributed by atoms with Crippen molar-refractivity contribution in [1.29, 1.82) is 5.26 Å². The monoisotopic (exact) mass is 366 g/mol. The van der Waals surface area contributed by atoms with Crippen LogP contribution in [0.25, 0.3) is 0 Å². The van der Waals surface area contributed by atoms with Crippen LogP contribution < -0.4 is 11.1 Å². The van der Waals surface area contributed by atoms with Crippen LogP contribution in [0.1, 0.15) is 5.56 Å². The Kier molecular flexibility index (Phi) is 3.84. The lowest BCUT2D eigenvalue weighted by Gasteiger charge is -2.10. The molecule has 6 heteroatoms. The van der Waals surface area contributed by atoms with Crippen LogP contribution in [0.2, 0.25) is 0 Å². The van der Waals surface area contributed by atoms with Gasteiger partial charge < -0.3 is 11.1 Å². The zero-order valence-corrected chi connectivity index (χ0v) is 12.3. The van der Waals surface area contributed by atoms with Gasteiger partial charge in [0.15, 0.2) is 5.82 Å². The fraction of sp³-hybridized carbons (Fsp3) is 0. The number of anilines is 3. The van der Waals surface area contributed by atoms with Gasteiger partial charge in [0.2, 0.25) is 0 Å². The molecule has 3 N–H and O–H groups in total. The summed E-state index contributed by atoms with van der Waals surface area (Å²) in [7, 11) is 0. The standard InChI is InChI=1S/C12H8Br2N4/c13-8-1-2-9(14)11(4-8)18-12-10(16)3-7(5-15)6-17-12/h1-4,6H,16H2,(H,17,18). The molecular weight excluding hydrogens is 360 g/mol. The minimum atomic E-state index is 0.431. The Bertz CT molecular complexity index is 634. The minimum Gasteiger partial charge on any atom is -0.396 e. The van der Waals surface area contributed by atoms with Crippen LogP contribution in [0.15, 0.2) is 39.4 Å². The van der Waals surface area contributed by atoms with Crippen LogP contribution in [0, 0.1) is 11.3 Å². The van der Waals surface area contributed by atoms with Crippen LogP contribution in [-0.4, -0.2) is 4.98 Å². The zero-order valence-electron chi connectivity index (χ0n) is 9.11.